The van der Waals surface area contributed by atoms with Crippen LogP contribution in [0.1, 0.15) is 96.1 Å². The van der Waals surface area contributed by atoms with Crippen LogP contribution in [0.15, 0.2) is 71.9 Å². The van der Waals surface area contributed by atoms with Crippen molar-refractivity contribution in [1.29, 1.82) is 0 Å². The molecule has 7 atom stereocenters. The molecular formula is C36H50O3. The number of aliphatic hydroxyl groups excluding tert-OH is 3. The third kappa shape index (κ3) is 5.65. The third-order valence-corrected chi connectivity index (χ3v) is 10.9. The molecule has 4 fully saturated rings. The van der Waals surface area contributed by atoms with Crippen LogP contribution in [0.5, 0.6) is 0 Å². The summed E-state index contributed by atoms with van der Waals surface area (Å²) >= 11 is 0. The number of hydrogen-bond donors (Lipinski definition) is 3. The highest BCUT2D eigenvalue weighted by molar-refractivity contribution is 5.39. The summed E-state index contributed by atoms with van der Waals surface area (Å²) in [4.78, 5) is 0. The summed E-state index contributed by atoms with van der Waals surface area (Å²) in [5.74, 6) is 1.62. The molecule has 4 saturated carbocycles. The lowest BCUT2D eigenvalue weighted by molar-refractivity contribution is 0.0862. The van der Waals surface area contributed by atoms with Gasteiger partial charge in [0, 0.05) is 11.8 Å². The molecule has 39 heavy (non-hydrogen) atoms. The van der Waals surface area contributed by atoms with Crippen molar-refractivity contribution < 1.29 is 15.3 Å². The predicted octanol–water partition coefficient (Wildman–Crippen LogP) is 7.36. The minimum absolute atomic E-state index is 0.0966. The quantitative estimate of drug-likeness (QED) is 0.308. The van der Waals surface area contributed by atoms with Gasteiger partial charge in [-0.3, -0.25) is 0 Å². The number of hydrogen-bond acceptors (Lipinski definition) is 3. The molecule has 3 heteroatoms. The van der Waals surface area contributed by atoms with Gasteiger partial charge < -0.3 is 15.3 Å². The molecule has 3 nitrogen and oxygen atoms in total. The van der Waals surface area contributed by atoms with E-state index in [1.165, 1.54) is 42.4 Å². The van der Waals surface area contributed by atoms with E-state index in [4.69, 9.17) is 0 Å². The van der Waals surface area contributed by atoms with E-state index in [-0.39, 0.29) is 10.8 Å². The van der Waals surface area contributed by atoms with E-state index in [2.05, 4.69) is 75.9 Å². The maximum Gasteiger partial charge on any atom is 0.0817 e. The summed E-state index contributed by atoms with van der Waals surface area (Å²) in [7, 11) is 0. The van der Waals surface area contributed by atoms with Gasteiger partial charge in [-0.25, -0.2) is 0 Å². The van der Waals surface area contributed by atoms with E-state index in [0.717, 1.165) is 43.3 Å². The first kappa shape index (κ1) is 28.6. The van der Waals surface area contributed by atoms with Crippen LogP contribution in [-0.4, -0.2) is 33.6 Å². The van der Waals surface area contributed by atoms with Crippen molar-refractivity contribution in [2.75, 3.05) is 0 Å². The first-order valence-electron chi connectivity index (χ1n) is 15.6. The van der Waals surface area contributed by atoms with Crippen LogP contribution in [0.25, 0.3) is 0 Å². The molecule has 0 radical (unpaired) electrons. The van der Waals surface area contributed by atoms with E-state index < -0.39 is 18.3 Å². The number of benzene rings is 1. The lowest BCUT2D eigenvalue weighted by Gasteiger charge is -2.44. The Morgan fingerprint density at radius 1 is 1.10 bits per heavy atom. The SMILES string of the molecule is C=C1/C(=C\C=C2/CCC[C@]3(C)[C@@H]([C@H](C)/C=C/[C@H](O)C4(c5cccc(CCC)c5)CC4)CC[C@@H]23)C[C@@H](O)C[C@@H]1O. The van der Waals surface area contributed by atoms with Crippen LogP contribution < -0.4 is 0 Å². The van der Waals surface area contributed by atoms with Crippen LogP contribution in [0.2, 0.25) is 0 Å². The first-order valence-corrected chi connectivity index (χ1v) is 15.6. The van der Waals surface area contributed by atoms with Gasteiger partial charge in [-0.15, -0.1) is 0 Å². The molecule has 0 bridgehead atoms. The van der Waals surface area contributed by atoms with Gasteiger partial charge in [-0.05, 0) is 103 Å². The van der Waals surface area contributed by atoms with Gasteiger partial charge in [0.05, 0.1) is 18.3 Å². The zero-order valence-electron chi connectivity index (χ0n) is 24.4. The minimum Gasteiger partial charge on any atom is -0.393 e. The normalized spacial score (nSPS) is 35.9. The molecule has 0 heterocycles. The Labute approximate surface area is 236 Å². The van der Waals surface area contributed by atoms with E-state index >= 15 is 0 Å². The summed E-state index contributed by atoms with van der Waals surface area (Å²) in [6.45, 7) is 11.2. The van der Waals surface area contributed by atoms with Crippen LogP contribution in [-0.2, 0) is 11.8 Å². The molecular weight excluding hydrogens is 480 g/mol. The summed E-state index contributed by atoms with van der Waals surface area (Å²) in [6.07, 6.45) is 18.7. The topological polar surface area (TPSA) is 60.7 Å². The second-order valence-corrected chi connectivity index (χ2v) is 13.5. The van der Waals surface area contributed by atoms with Crippen LogP contribution in [0.4, 0.5) is 0 Å². The number of rotatable bonds is 8. The highest BCUT2D eigenvalue weighted by Crippen LogP contribution is 2.60. The Bertz CT molecular complexity index is 1140. The number of allylic oxidation sites excluding steroid dienone is 4. The molecule has 0 aliphatic heterocycles. The smallest absolute Gasteiger partial charge is 0.0817 e. The Morgan fingerprint density at radius 2 is 1.90 bits per heavy atom. The Morgan fingerprint density at radius 3 is 2.64 bits per heavy atom. The van der Waals surface area contributed by atoms with E-state index in [0.29, 0.717) is 30.6 Å². The van der Waals surface area contributed by atoms with E-state index in [1.54, 1.807) is 0 Å². The molecule has 0 spiro atoms. The second kappa shape index (κ2) is 11.5. The third-order valence-electron chi connectivity index (χ3n) is 10.9. The van der Waals surface area contributed by atoms with Gasteiger partial charge in [0.2, 0.25) is 0 Å². The summed E-state index contributed by atoms with van der Waals surface area (Å²) in [6, 6.07) is 8.92. The first-order chi connectivity index (χ1) is 18.7. The van der Waals surface area contributed by atoms with Crippen molar-refractivity contribution in [3.8, 4) is 0 Å². The lowest BCUT2D eigenvalue weighted by atomic mass is 9.61. The summed E-state index contributed by atoms with van der Waals surface area (Å²) in [5.41, 5.74) is 6.15. The minimum atomic E-state index is -0.635. The van der Waals surface area contributed by atoms with Crippen molar-refractivity contribution in [2.24, 2.45) is 23.2 Å². The molecule has 5 rings (SSSR count). The average Bonchev–Trinajstić information content (AvgIpc) is 3.65. The molecule has 0 unspecified atom stereocenters. The lowest BCUT2D eigenvalue weighted by Crippen LogP contribution is -2.35. The largest absolute Gasteiger partial charge is 0.393 e. The fraction of sp³-hybridized carbons (Fsp3) is 0.611. The highest BCUT2D eigenvalue weighted by atomic mass is 16.3. The van der Waals surface area contributed by atoms with Crippen LogP contribution >= 0.6 is 0 Å². The van der Waals surface area contributed by atoms with Gasteiger partial charge in [-0.2, -0.15) is 0 Å². The van der Waals surface area contributed by atoms with Gasteiger partial charge in [0.25, 0.3) is 0 Å². The molecule has 0 amide bonds. The number of fused-ring (bicyclic) bond motifs is 1. The van der Waals surface area contributed by atoms with Gasteiger partial charge in [0.1, 0.15) is 0 Å². The number of aliphatic hydroxyl groups is 3. The van der Waals surface area contributed by atoms with Crippen LogP contribution in [0, 0.1) is 23.2 Å². The van der Waals surface area contributed by atoms with E-state index in [9.17, 15) is 15.3 Å². The second-order valence-electron chi connectivity index (χ2n) is 13.5. The van der Waals surface area contributed by atoms with Crippen molar-refractivity contribution >= 4 is 0 Å². The van der Waals surface area contributed by atoms with E-state index in [1.807, 2.05) is 0 Å². The number of aryl methyl sites for hydroxylation is 1. The fourth-order valence-electron chi connectivity index (χ4n) is 8.42. The molecule has 4 aliphatic rings. The molecule has 1 aromatic rings. The van der Waals surface area contributed by atoms with Gasteiger partial charge in [0.15, 0.2) is 0 Å². The molecule has 4 aliphatic carbocycles. The highest BCUT2D eigenvalue weighted by Gasteiger charge is 2.51. The van der Waals surface area contributed by atoms with Gasteiger partial charge in [-0.1, -0.05) is 87.9 Å². The van der Waals surface area contributed by atoms with Crippen molar-refractivity contribution in [3.63, 3.8) is 0 Å². The maximum atomic E-state index is 11.4. The molecule has 3 N–H and O–H groups in total. The van der Waals surface area contributed by atoms with Crippen molar-refractivity contribution in [3.05, 3.63) is 83.0 Å². The fourth-order valence-corrected chi connectivity index (χ4v) is 8.42. The zero-order chi connectivity index (χ0) is 27.8. The standard InChI is InChI=1S/C36H50O3/c1-5-8-26-9-6-11-29(21-26)36(19-20-36)34(39)17-12-24(2)31-15-16-32-27(10-7-18-35(31,32)4)13-14-28-22-30(37)23-33(38)25(28)3/h6,9,11-14,17,21,24,30-34,37-39H,3,5,7-8,10,15-16,18-20,22-23H2,1-2,4H3/b17-12+,27-13+,28-14-/t24-,30-,31-,32+,33+,34+,35-/m1/s1. The predicted molar refractivity (Wildman–Crippen MR) is 160 cm³/mol. The van der Waals surface area contributed by atoms with Gasteiger partial charge >= 0.3 is 0 Å². The maximum absolute atomic E-state index is 11.4. The Balaban J connectivity index is 1.28. The Hall–Kier alpha value is -1.94. The van der Waals surface area contributed by atoms with Crippen molar-refractivity contribution in [1.82, 2.24) is 0 Å². The van der Waals surface area contributed by atoms with Crippen LogP contribution in [0.3, 0.4) is 0 Å². The molecule has 0 aromatic heterocycles. The Kier molecular flexibility index (Phi) is 8.43. The monoisotopic (exact) mass is 530 g/mol. The molecule has 0 saturated heterocycles. The molecule has 212 valence electrons. The summed E-state index contributed by atoms with van der Waals surface area (Å²) in [5, 5.41) is 31.7. The zero-order valence-corrected chi connectivity index (χ0v) is 24.4. The summed E-state index contributed by atoms with van der Waals surface area (Å²) < 4.78 is 0. The average molecular weight is 531 g/mol. The van der Waals surface area contributed by atoms with Crippen molar-refractivity contribution in [2.45, 2.75) is 115 Å². The molecule has 1 aromatic carbocycles.